The second-order valence-corrected chi connectivity index (χ2v) is 7.66. The predicted molar refractivity (Wildman–Crippen MR) is 114 cm³/mol. The van der Waals surface area contributed by atoms with E-state index in [4.69, 9.17) is 5.73 Å². The van der Waals surface area contributed by atoms with Crippen molar-refractivity contribution in [2.45, 2.75) is 12.8 Å². The summed E-state index contributed by atoms with van der Waals surface area (Å²) in [6.07, 6.45) is 3.89. The number of aromatic nitrogens is 3. The van der Waals surface area contributed by atoms with Crippen molar-refractivity contribution in [1.82, 2.24) is 14.5 Å². The van der Waals surface area contributed by atoms with Gasteiger partial charge in [-0.2, -0.15) is 0 Å². The van der Waals surface area contributed by atoms with E-state index in [2.05, 4.69) is 9.97 Å². The first-order valence-corrected chi connectivity index (χ1v) is 9.85. The number of fused-ring (bicyclic) bond motifs is 2. The van der Waals surface area contributed by atoms with Crippen LogP contribution in [0, 0.1) is 11.6 Å². The number of nitrogens with zero attached hydrogens (tertiary/aromatic N) is 4. The number of nitrogen functional groups attached to an aromatic ring is 1. The minimum absolute atomic E-state index is 0.0568. The number of amides is 1. The van der Waals surface area contributed by atoms with Crippen LogP contribution in [0.1, 0.15) is 11.1 Å². The number of rotatable bonds is 3. The third-order valence-corrected chi connectivity index (χ3v) is 5.72. The summed E-state index contributed by atoms with van der Waals surface area (Å²) < 4.78 is 29.3. The fourth-order valence-electron chi connectivity index (χ4n) is 4.22. The van der Waals surface area contributed by atoms with Crippen molar-refractivity contribution in [1.29, 1.82) is 0 Å². The molecule has 0 saturated carbocycles. The number of aryl methyl sites for hydroxylation is 1. The summed E-state index contributed by atoms with van der Waals surface area (Å²) in [7, 11) is 1.90. The van der Waals surface area contributed by atoms with Crippen LogP contribution in [0.15, 0.2) is 48.9 Å². The van der Waals surface area contributed by atoms with Gasteiger partial charge in [-0.3, -0.25) is 4.79 Å². The van der Waals surface area contributed by atoms with E-state index in [0.29, 0.717) is 18.8 Å². The number of anilines is 2. The SMILES string of the molecule is Cn1cc(-c2ccc3c(c2)CCN3C(=O)Cc2cc(F)ccc2F)c2c(N)ncnc21. The van der Waals surface area contributed by atoms with Crippen molar-refractivity contribution in [2.24, 2.45) is 7.05 Å². The molecule has 8 heteroatoms. The van der Waals surface area contributed by atoms with E-state index in [9.17, 15) is 13.6 Å². The summed E-state index contributed by atoms with van der Waals surface area (Å²) in [6.45, 7) is 0.495. The number of carbonyl (C=O) groups excluding carboxylic acids is 1. The Balaban J connectivity index is 1.47. The molecule has 0 fully saturated rings. The Morgan fingerprint density at radius 2 is 2.00 bits per heavy atom. The highest BCUT2D eigenvalue weighted by Gasteiger charge is 2.26. The maximum absolute atomic E-state index is 14.0. The van der Waals surface area contributed by atoms with Crippen molar-refractivity contribution in [3.63, 3.8) is 0 Å². The molecule has 2 aromatic carbocycles. The lowest BCUT2D eigenvalue weighted by Gasteiger charge is -2.18. The molecule has 2 aromatic heterocycles. The van der Waals surface area contributed by atoms with Gasteiger partial charge in [0.25, 0.3) is 0 Å². The molecule has 1 aliphatic rings. The molecule has 0 spiro atoms. The highest BCUT2D eigenvalue weighted by Crippen LogP contribution is 2.37. The first-order chi connectivity index (χ1) is 14.9. The molecule has 0 radical (unpaired) electrons. The van der Waals surface area contributed by atoms with Crippen molar-refractivity contribution < 1.29 is 13.6 Å². The van der Waals surface area contributed by atoms with E-state index < -0.39 is 11.6 Å². The van der Waals surface area contributed by atoms with Crippen LogP contribution in [0.5, 0.6) is 0 Å². The second kappa shape index (κ2) is 7.16. The van der Waals surface area contributed by atoms with Crippen LogP contribution < -0.4 is 10.6 Å². The van der Waals surface area contributed by atoms with E-state index in [1.165, 1.54) is 6.33 Å². The Morgan fingerprint density at radius 3 is 2.84 bits per heavy atom. The molecule has 4 aromatic rings. The minimum atomic E-state index is -0.583. The van der Waals surface area contributed by atoms with Gasteiger partial charge < -0.3 is 15.2 Å². The molecular weight excluding hydrogens is 400 g/mol. The average Bonchev–Trinajstić information content (AvgIpc) is 3.32. The van der Waals surface area contributed by atoms with E-state index in [1.54, 1.807) is 4.90 Å². The Kier molecular flexibility index (Phi) is 4.43. The molecule has 31 heavy (non-hydrogen) atoms. The largest absolute Gasteiger partial charge is 0.383 e. The lowest BCUT2D eigenvalue weighted by Crippen LogP contribution is -2.30. The highest BCUT2D eigenvalue weighted by atomic mass is 19.1. The molecule has 0 unspecified atom stereocenters. The average molecular weight is 419 g/mol. The maximum atomic E-state index is 14.0. The lowest BCUT2D eigenvalue weighted by atomic mass is 10.0. The summed E-state index contributed by atoms with van der Waals surface area (Å²) in [5, 5.41) is 0.789. The molecule has 1 aliphatic heterocycles. The molecule has 1 amide bonds. The van der Waals surface area contributed by atoms with E-state index in [1.807, 2.05) is 36.0 Å². The van der Waals surface area contributed by atoms with Crippen LogP contribution in [0.25, 0.3) is 22.2 Å². The first-order valence-electron chi connectivity index (χ1n) is 9.85. The van der Waals surface area contributed by atoms with Gasteiger partial charge in [0.1, 0.15) is 29.4 Å². The van der Waals surface area contributed by atoms with Crippen LogP contribution in [0.4, 0.5) is 20.3 Å². The number of carbonyl (C=O) groups is 1. The van der Waals surface area contributed by atoms with Crippen LogP contribution in [-0.2, 0) is 24.7 Å². The summed E-state index contributed by atoms with van der Waals surface area (Å²) in [6, 6.07) is 9.00. The standard InChI is InChI=1S/C23H19F2N5O/c1-29-11-17(21-22(26)27-12-28-23(21)29)13-2-5-19-14(8-13)6-7-30(19)20(31)10-15-9-16(24)3-4-18(15)25/h2-5,8-9,11-12H,6-7,10H2,1H3,(H2,26,27,28). The summed E-state index contributed by atoms with van der Waals surface area (Å²) in [5.74, 6) is -0.997. The van der Waals surface area contributed by atoms with E-state index in [0.717, 1.165) is 51.6 Å². The van der Waals surface area contributed by atoms with Gasteiger partial charge in [0.15, 0.2) is 0 Å². The molecule has 0 saturated heterocycles. The van der Waals surface area contributed by atoms with Crippen molar-refractivity contribution >= 4 is 28.4 Å². The summed E-state index contributed by atoms with van der Waals surface area (Å²) in [4.78, 5) is 22.9. The van der Waals surface area contributed by atoms with Gasteiger partial charge in [0.2, 0.25) is 5.91 Å². The third-order valence-electron chi connectivity index (χ3n) is 5.72. The van der Waals surface area contributed by atoms with Gasteiger partial charge in [-0.1, -0.05) is 6.07 Å². The van der Waals surface area contributed by atoms with Crippen molar-refractivity contribution in [3.8, 4) is 11.1 Å². The predicted octanol–water partition coefficient (Wildman–Crippen LogP) is 3.63. The van der Waals surface area contributed by atoms with E-state index in [-0.39, 0.29) is 17.9 Å². The van der Waals surface area contributed by atoms with Crippen LogP contribution in [0.2, 0.25) is 0 Å². The van der Waals surface area contributed by atoms with Crippen LogP contribution in [0.3, 0.4) is 0 Å². The van der Waals surface area contributed by atoms with Gasteiger partial charge in [0.05, 0.1) is 11.8 Å². The Bertz CT molecular complexity index is 1350. The molecule has 0 aliphatic carbocycles. The number of benzene rings is 2. The van der Waals surface area contributed by atoms with Crippen LogP contribution in [-0.4, -0.2) is 27.0 Å². The smallest absolute Gasteiger partial charge is 0.231 e. The van der Waals surface area contributed by atoms with Crippen LogP contribution >= 0.6 is 0 Å². The first kappa shape index (κ1) is 19.2. The maximum Gasteiger partial charge on any atom is 0.231 e. The fourth-order valence-corrected chi connectivity index (χ4v) is 4.22. The second-order valence-electron chi connectivity index (χ2n) is 7.66. The van der Waals surface area contributed by atoms with Gasteiger partial charge in [0, 0.05) is 36.6 Å². The normalized spacial score (nSPS) is 13.1. The Morgan fingerprint density at radius 1 is 1.16 bits per heavy atom. The van der Waals surface area contributed by atoms with Gasteiger partial charge in [-0.25, -0.2) is 18.7 Å². The zero-order chi connectivity index (χ0) is 21.7. The number of nitrogens with two attached hydrogens (primary N) is 1. The minimum Gasteiger partial charge on any atom is -0.383 e. The molecule has 156 valence electrons. The van der Waals surface area contributed by atoms with E-state index >= 15 is 0 Å². The Labute approximate surface area is 176 Å². The monoisotopic (exact) mass is 419 g/mol. The molecule has 6 nitrogen and oxygen atoms in total. The van der Waals surface area contributed by atoms with Crippen molar-refractivity contribution in [3.05, 3.63) is 71.7 Å². The topological polar surface area (TPSA) is 77.0 Å². The highest BCUT2D eigenvalue weighted by molar-refractivity contribution is 6.02. The van der Waals surface area contributed by atoms with Gasteiger partial charge in [-0.15, -0.1) is 0 Å². The number of hydrogen-bond donors (Lipinski definition) is 1. The zero-order valence-electron chi connectivity index (χ0n) is 16.8. The lowest BCUT2D eigenvalue weighted by molar-refractivity contribution is -0.117. The molecular formula is C23H19F2N5O. The van der Waals surface area contributed by atoms with Gasteiger partial charge in [-0.05, 0) is 47.9 Å². The summed E-state index contributed by atoms with van der Waals surface area (Å²) in [5.41, 5.74) is 10.6. The Hall–Kier alpha value is -3.81. The number of hydrogen-bond acceptors (Lipinski definition) is 4. The zero-order valence-corrected chi connectivity index (χ0v) is 16.8. The van der Waals surface area contributed by atoms with Gasteiger partial charge >= 0.3 is 0 Å². The molecule has 0 atom stereocenters. The van der Waals surface area contributed by atoms with Crippen molar-refractivity contribution in [2.75, 3.05) is 17.2 Å². The molecule has 0 bridgehead atoms. The summed E-state index contributed by atoms with van der Waals surface area (Å²) >= 11 is 0. The number of halogens is 2. The quantitative estimate of drug-likeness (QED) is 0.550. The fraction of sp³-hybridized carbons (Fsp3) is 0.174. The molecule has 2 N–H and O–H groups in total. The molecule has 5 rings (SSSR count). The third kappa shape index (κ3) is 3.20. The molecule has 3 heterocycles.